The van der Waals surface area contributed by atoms with Crippen molar-refractivity contribution in [2.75, 3.05) is 32.5 Å². The molecule has 0 bridgehead atoms. The van der Waals surface area contributed by atoms with Gasteiger partial charge in [0.15, 0.2) is 0 Å². The van der Waals surface area contributed by atoms with Crippen molar-refractivity contribution in [2.24, 2.45) is 0 Å². The van der Waals surface area contributed by atoms with Crippen molar-refractivity contribution in [3.63, 3.8) is 0 Å². The Labute approximate surface area is 119 Å². The largest absolute Gasteiger partial charge is 0.398 e. The van der Waals surface area contributed by atoms with Crippen LogP contribution in [0.4, 0.5) is 5.69 Å². The fourth-order valence-electron chi connectivity index (χ4n) is 1.61. The van der Waals surface area contributed by atoms with Crippen LogP contribution >= 0.6 is 11.6 Å². The number of methoxy groups -OCH3 is 1. The topological polar surface area (TPSA) is 72.6 Å². The predicted molar refractivity (Wildman–Crippen MR) is 76.9 cm³/mol. The first-order valence-corrected chi connectivity index (χ1v) is 7.71. The van der Waals surface area contributed by atoms with E-state index in [0.717, 1.165) is 0 Å². The second kappa shape index (κ2) is 6.56. The number of ether oxygens (including phenoxy) is 1. The minimum Gasteiger partial charge on any atom is -0.398 e. The molecular weight excluding hydrogens is 288 g/mol. The summed E-state index contributed by atoms with van der Waals surface area (Å²) in [6.45, 7) is 4.50. The number of rotatable bonds is 6. The Morgan fingerprint density at radius 1 is 1.42 bits per heavy atom. The molecule has 1 aromatic carbocycles. The van der Waals surface area contributed by atoms with Crippen LogP contribution in [-0.4, -0.2) is 39.5 Å². The first-order chi connectivity index (χ1) is 8.84. The van der Waals surface area contributed by atoms with Crippen molar-refractivity contribution in [2.45, 2.75) is 18.7 Å². The summed E-state index contributed by atoms with van der Waals surface area (Å²) in [5, 5.41) is 0.348. The molecule has 0 aromatic heterocycles. The molecular formula is C12H19ClN2O3S. The monoisotopic (exact) mass is 306 g/mol. The predicted octanol–water partition coefficient (Wildman–Crippen LogP) is 1.89. The number of benzene rings is 1. The Bertz CT molecular complexity index is 523. The zero-order chi connectivity index (χ0) is 14.6. The molecule has 0 amide bonds. The minimum atomic E-state index is -3.60. The summed E-state index contributed by atoms with van der Waals surface area (Å²) in [5.41, 5.74) is 6.82. The fraction of sp³-hybridized carbons (Fsp3) is 0.500. The molecule has 7 heteroatoms. The standard InChI is InChI=1S/C12H19ClN2O3S/c1-4-15(5-6-18-3)19(16,17)10-7-11(13)9(2)12(14)8-10/h7-8H,4-6,14H2,1-3H3. The fourth-order valence-corrected chi connectivity index (χ4v) is 3.40. The minimum absolute atomic E-state index is 0.110. The first-order valence-electron chi connectivity index (χ1n) is 5.89. The molecule has 0 aliphatic carbocycles. The molecule has 0 atom stereocenters. The smallest absolute Gasteiger partial charge is 0.243 e. The number of sulfonamides is 1. The molecule has 2 N–H and O–H groups in total. The lowest BCUT2D eigenvalue weighted by Crippen LogP contribution is -2.33. The van der Waals surface area contributed by atoms with Crippen LogP contribution in [0.3, 0.4) is 0 Å². The third kappa shape index (κ3) is 3.60. The number of nitrogens with zero attached hydrogens (tertiary/aromatic N) is 1. The van der Waals surface area contributed by atoms with Gasteiger partial charge in [0, 0.05) is 30.9 Å². The van der Waals surface area contributed by atoms with Crippen molar-refractivity contribution >= 4 is 27.3 Å². The van der Waals surface area contributed by atoms with Gasteiger partial charge in [-0.25, -0.2) is 8.42 Å². The molecule has 0 radical (unpaired) electrons. The van der Waals surface area contributed by atoms with E-state index in [1.807, 2.05) is 0 Å². The molecule has 0 heterocycles. The van der Waals surface area contributed by atoms with Gasteiger partial charge in [0.2, 0.25) is 10.0 Å². The summed E-state index contributed by atoms with van der Waals surface area (Å²) in [6.07, 6.45) is 0. The summed E-state index contributed by atoms with van der Waals surface area (Å²) >= 11 is 5.99. The number of hydrogen-bond donors (Lipinski definition) is 1. The van der Waals surface area contributed by atoms with E-state index >= 15 is 0 Å². The normalized spacial score (nSPS) is 12.1. The lowest BCUT2D eigenvalue weighted by molar-refractivity contribution is 0.180. The Morgan fingerprint density at radius 3 is 2.53 bits per heavy atom. The lowest BCUT2D eigenvalue weighted by atomic mass is 10.2. The number of anilines is 1. The molecule has 5 nitrogen and oxygen atoms in total. The van der Waals surface area contributed by atoms with Gasteiger partial charge >= 0.3 is 0 Å². The summed E-state index contributed by atoms with van der Waals surface area (Å²) in [4.78, 5) is 0.110. The average molecular weight is 307 g/mol. The van der Waals surface area contributed by atoms with E-state index in [2.05, 4.69) is 0 Å². The third-order valence-electron chi connectivity index (χ3n) is 2.89. The summed E-state index contributed by atoms with van der Waals surface area (Å²) in [6, 6.07) is 2.87. The van der Waals surface area contributed by atoms with Gasteiger partial charge < -0.3 is 10.5 Å². The van der Waals surface area contributed by atoms with Crippen molar-refractivity contribution in [3.05, 3.63) is 22.7 Å². The zero-order valence-electron chi connectivity index (χ0n) is 11.3. The number of nitrogens with two attached hydrogens (primary N) is 1. The van der Waals surface area contributed by atoms with E-state index in [-0.39, 0.29) is 4.90 Å². The maximum atomic E-state index is 12.4. The van der Waals surface area contributed by atoms with Gasteiger partial charge in [0.05, 0.1) is 11.5 Å². The highest BCUT2D eigenvalue weighted by molar-refractivity contribution is 7.89. The van der Waals surface area contributed by atoms with E-state index < -0.39 is 10.0 Å². The number of halogens is 1. The number of hydrogen-bond acceptors (Lipinski definition) is 4. The second-order valence-corrected chi connectivity index (χ2v) is 6.45. The molecule has 0 saturated carbocycles. The van der Waals surface area contributed by atoms with Crippen LogP contribution in [0, 0.1) is 6.92 Å². The highest BCUT2D eigenvalue weighted by Crippen LogP contribution is 2.27. The van der Waals surface area contributed by atoms with Crippen molar-refractivity contribution in [3.8, 4) is 0 Å². The van der Waals surface area contributed by atoms with Gasteiger partial charge in [-0.1, -0.05) is 18.5 Å². The molecule has 19 heavy (non-hydrogen) atoms. The highest BCUT2D eigenvalue weighted by atomic mass is 35.5. The summed E-state index contributed by atoms with van der Waals surface area (Å²) < 4.78 is 31.1. The molecule has 0 spiro atoms. The molecule has 0 fully saturated rings. The van der Waals surface area contributed by atoms with Crippen LogP contribution in [0.1, 0.15) is 12.5 Å². The Hall–Kier alpha value is -0.820. The average Bonchev–Trinajstić information content (AvgIpc) is 2.36. The van der Waals surface area contributed by atoms with Crippen LogP contribution < -0.4 is 5.73 Å². The van der Waals surface area contributed by atoms with E-state index in [9.17, 15) is 8.42 Å². The van der Waals surface area contributed by atoms with Gasteiger partial charge in [0.25, 0.3) is 0 Å². The molecule has 108 valence electrons. The number of likely N-dealkylation sites (N-methyl/N-ethyl adjacent to an activating group) is 1. The summed E-state index contributed by atoms with van der Waals surface area (Å²) in [7, 11) is -2.07. The molecule has 0 aliphatic rings. The van der Waals surface area contributed by atoms with E-state index in [1.54, 1.807) is 13.8 Å². The van der Waals surface area contributed by atoms with Crippen molar-refractivity contribution in [1.82, 2.24) is 4.31 Å². The first kappa shape index (κ1) is 16.2. The van der Waals surface area contributed by atoms with Gasteiger partial charge in [-0.05, 0) is 24.6 Å². The van der Waals surface area contributed by atoms with E-state index in [4.69, 9.17) is 22.1 Å². The zero-order valence-corrected chi connectivity index (χ0v) is 12.9. The molecule has 0 aliphatic heterocycles. The summed E-state index contributed by atoms with van der Waals surface area (Å²) in [5.74, 6) is 0. The van der Waals surface area contributed by atoms with Crippen LogP contribution in [0.15, 0.2) is 17.0 Å². The molecule has 1 aromatic rings. The van der Waals surface area contributed by atoms with E-state index in [0.29, 0.717) is 36.0 Å². The highest BCUT2D eigenvalue weighted by Gasteiger charge is 2.24. The van der Waals surface area contributed by atoms with E-state index in [1.165, 1.54) is 23.5 Å². The quantitative estimate of drug-likeness (QED) is 0.815. The second-order valence-electron chi connectivity index (χ2n) is 4.11. The number of nitrogen functional groups attached to an aromatic ring is 1. The molecule has 0 unspecified atom stereocenters. The van der Waals surface area contributed by atoms with Crippen molar-refractivity contribution in [1.29, 1.82) is 0 Å². The van der Waals surface area contributed by atoms with Gasteiger partial charge in [0.1, 0.15) is 0 Å². The Kier molecular flexibility index (Phi) is 5.61. The lowest BCUT2D eigenvalue weighted by Gasteiger charge is -2.20. The van der Waals surface area contributed by atoms with Gasteiger partial charge in [-0.3, -0.25) is 0 Å². The Balaban J connectivity index is 3.18. The maximum absolute atomic E-state index is 12.4. The molecule has 1 rings (SSSR count). The van der Waals surface area contributed by atoms with Crippen LogP contribution in [0.25, 0.3) is 0 Å². The Morgan fingerprint density at radius 2 is 2.05 bits per heavy atom. The van der Waals surface area contributed by atoms with Crippen LogP contribution in [0.5, 0.6) is 0 Å². The van der Waals surface area contributed by atoms with Gasteiger partial charge in [-0.15, -0.1) is 0 Å². The SMILES string of the molecule is CCN(CCOC)S(=O)(=O)c1cc(N)c(C)c(Cl)c1. The maximum Gasteiger partial charge on any atom is 0.243 e. The van der Waals surface area contributed by atoms with Gasteiger partial charge in [-0.2, -0.15) is 4.31 Å². The van der Waals surface area contributed by atoms with Crippen LogP contribution in [0.2, 0.25) is 5.02 Å². The van der Waals surface area contributed by atoms with Crippen LogP contribution in [-0.2, 0) is 14.8 Å². The third-order valence-corrected chi connectivity index (χ3v) is 5.24. The molecule has 0 saturated heterocycles. The van der Waals surface area contributed by atoms with Crippen molar-refractivity contribution < 1.29 is 13.2 Å².